The Bertz CT molecular complexity index is 454. The van der Waals surface area contributed by atoms with Crippen molar-refractivity contribution < 1.29 is 4.79 Å². The second-order valence-corrected chi connectivity index (χ2v) is 5.95. The van der Waals surface area contributed by atoms with Gasteiger partial charge in [-0.15, -0.1) is 11.6 Å². The van der Waals surface area contributed by atoms with Gasteiger partial charge in [0.2, 0.25) is 5.91 Å². The molecule has 0 aliphatic heterocycles. The molecule has 1 aromatic carbocycles. The summed E-state index contributed by atoms with van der Waals surface area (Å²) in [4.78, 5) is 12.5. The van der Waals surface area contributed by atoms with Crippen LogP contribution < -0.4 is 5.32 Å². The standard InChI is InChI=1S/C16H22ClNO/c1-3-16(2,11-17)18-15(19)14-10-6-8-12-7-4-5-9-13(12)14/h4-5,7,9,14H,3,6,8,10-11H2,1-2H3,(H,18,19). The highest BCUT2D eigenvalue weighted by Gasteiger charge is 2.30. The Morgan fingerprint density at radius 1 is 1.47 bits per heavy atom. The van der Waals surface area contributed by atoms with Gasteiger partial charge in [0.25, 0.3) is 0 Å². The molecule has 2 rings (SSSR count). The van der Waals surface area contributed by atoms with Crippen molar-refractivity contribution in [1.82, 2.24) is 5.32 Å². The van der Waals surface area contributed by atoms with Gasteiger partial charge >= 0.3 is 0 Å². The molecule has 0 radical (unpaired) electrons. The van der Waals surface area contributed by atoms with Crippen LogP contribution in [-0.2, 0) is 11.2 Å². The van der Waals surface area contributed by atoms with Crippen LogP contribution >= 0.6 is 11.6 Å². The summed E-state index contributed by atoms with van der Waals surface area (Å²) in [5.74, 6) is 0.556. The number of carbonyl (C=O) groups excluding carboxylic acids is 1. The van der Waals surface area contributed by atoms with Crippen LogP contribution in [0.4, 0.5) is 0 Å². The van der Waals surface area contributed by atoms with Crippen molar-refractivity contribution >= 4 is 17.5 Å². The van der Waals surface area contributed by atoms with E-state index in [9.17, 15) is 4.79 Å². The molecule has 2 unspecified atom stereocenters. The fraction of sp³-hybridized carbons (Fsp3) is 0.562. The Hall–Kier alpha value is -1.02. The molecular weight excluding hydrogens is 258 g/mol. The zero-order valence-electron chi connectivity index (χ0n) is 11.7. The molecule has 19 heavy (non-hydrogen) atoms. The van der Waals surface area contributed by atoms with Gasteiger partial charge in [-0.3, -0.25) is 4.79 Å². The van der Waals surface area contributed by atoms with Gasteiger partial charge in [-0.1, -0.05) is 31.2 Å². The number of hydrogen-bond acceptors (Lipinski definition) is 1. The second-order valence-electron chi connectivity index (χ2n) is 5.68. The summed E-state index contributed by atoms with van der Waals surface area (Å²) in [6, 6.07) is 8.29. The second kappa shape index (κ2) is 5.96. The highest BCUT2D eigenvalue weighted by Crippen LogP contribution is 2.32. The Morgan fingerprint density at radius 2 is 2.21 bits per heavy atom. The average Bonchev–Trinajstić information content (AvgIpc) is 2.46. The number of carbonyl (C=O) groups is 1. The monoisotopic (exact) mass is 279 g/mol. The number of nitrogens with one attached hydrogen (secondary N) is 1. The first kappa shape index (κ1) is 14.4. The van der Waals surface area contributed by atoms with Gasteiger partial charge in [0.15, 0.2) is 0 Å². The minimum Gasteiger partial charge on any atom is -0.349 e. The predicted molar refractivity (Wildman–Crippen MR) is 79.7 cm³/mol. The van der Waals surface area contributed by atoms with E-state index in [0.717, 1.165) is 25.7 Å². The predicted octanol–water partition coefficient (Wildman–Crippen LogP) is 3.63. The topological polar surface area (TPSA) is 29.1 Å². The molecular formula is C16H22ClNO. The number of hydrogen-bond donors (Lipinski definition) is 1. The van der Waals surface area contributed by atoms with E-state index >= 15 is 0 Å². The molecule has 2 nitrogen and oxygen atoms in total. The molecule has 1 aromatic rings. The molecule has 0 spiro atoms. The minimum atomic E-state index is -0.301. The number of aryl methyl sites for hydroxylation is 1. The van der Waals surface area contributed by atoms with Crippen LogP contribution in [0.25, 0.3) is 0 Å². The molecule has 0 fully saturated rings. The summed E-state index contributed by atoms with van der Waals surface area (Å²) in [7, 11) is 0. The smallest absolute Gasteiger partial charge is 0.228 e. The molecule has 2 atom stereocenters. The van der Waals surface area contributed by atoms with Gasteiger partial charge in [-0.25, -0.2) is 0 Å². The van der Waals surface area contributed by atoms with E-state index in [4.69, 9.17) is 11.6 Å². The fourth-order valence-corrected chi connectivity index (χ4v) is 2.88. The van der Waals surface area contributed by atoms with Crippen LogP contribution in [0.5, 0.6) is 0 Å². The van der Waals surface area contributed by atoms with Crippen LogP contribution in [0.15, 0.2) is 24.3 Å². The molecule has 0 saturated heterocycles. The first-order valence-corrected chi connectivity index (χ1v) is 7.59. The van der Waals surface area contributed by atoms with Gasteiger partial charge in [0, 0.05) is 5.88 Å². The zero-order chi connectivity index (χ0) is 13.9. The molecule has 104 valence electrons. The Labute approximate surface area is 120 Å². The molecule has 1 aliphatic carbocycles. The molecule has 0 heterocycles. The van der Waals surface area contributed by atoms with Gasteiger partial charge in [0.1, 0.15) is 0 Å². The largest absolute Gasteiger partial charge is 0.349 e. The van der Waals surface area contributed by atoms with Crippen molar-refractivity contribution in [2.75, 3.05) is 5.88 Å². The SMILES string of the molecule is CCC(C)(CCl)NC(=O)C1CCCc2ccccc21. The number of fused-ring (bicyclic) bond motifs is 1. The summed E-state index contributed by atoms with van der Waals surface area (Å²) >= 11 is 5.98. The molecule has 3 heteroatoms. The van der Waals surface area contributed by atoms with E-state index in [0.29, 0.717) is 5.88 Å². The lowest BCUT2D eigenvalue weighted by atomic mass is 9.82. The molecule has 0 bridgehead atoms. The van der Waals surface area contributed by atoms with Crippen molar-refractivity contribution in [2.24, 2.45) is 0 Å². The lowest BCUT2D eigenvalue weighted by Crippen LogP contribution is -2.49. The highest BCUT2D eigenvalue weighted by molar-refractivity contribution is 6.18. The van der Waals surface area contributed by atoms with E-state index in [1.54, 1.807) is 0 Å². The lowest BCUT2D eigenvalue weighted by molar-refractivity contribution is -0.124. The van der Waals surface area contributed by atoms with Crippen molar-refractivity contribution in [3.63, 3.8) is 0 Å². The quantitative estimate of drug-likeness (QED) is 0.838. The average molecular weight is 280 g/mol. The Kier molecular flexibility index (Phi) is 4.51. The third-order valence-corrected chi connectivity index (χ3v) is 4.78. The Morgan fingerprint density at radius 3 is 2.89 bits per heavy atom. The van der Waals surface area contributed by atoms with Crippen molar-refractivity contribution in [3.8, 4) is 0 Å². The third kappa shape index (κ3) is 3.11. The summed E-state index contributed by atoms with van der Waals surface area (Å²) in [5, 5.41) is 3.13. The van der Waals surface area contributed by atoms with Crippen LogP contribution in [0.3, 0.4) is 0 Å². The highest BCUT2D eigenvalue weighted by atomic mass is 35.5. The zero-order valence-corrected chi connectivity index (χ0v) is 12.5. The van der Waals surface area contributed by atoms with Gasteiger partial charge in [-0.2, -0.15) is 0 Å². The van der Waals surface area contributed by atoms with E-state index < -0.39 is 0 Å². The number of halogens is 1. The first-order valence-electron chi connectivity index (χ1n) is 7.05. The van der Waals surface area contributed by atoms with Gasteiger partial charge in [0.05, 0.1) is 11.5 Å². The third-order valence-electron chi connectivity index (χ3n) is 4.19. The number of amides is 1. The van der Waals surface area contributed by atoms with E-state index in [1.165, 1.54) is 11.1 Å². The van der Waals surface area contributed by atoms with E-state index in [1.807, 2.05) is 19.1 Å². The maximum atomic E-state index is 12.5. The Balaban J connectivity index is 2.17. The number of rotatable bonds is 4. The van der Waals surface area contributed by atoms with Crippen molar-refractivity contribution in [3.05, 3.63) is 35.4 Å². The number of benzene rings is 1. The van der Waals surface area contributed by atoms with Crippen LogP contribution in [0.2, 0.25) is 0 Å². The molecule has 0 aromatic heterocycles. The summed E-state index contributed by atoms with van der Waals surface area (Å²) in [6.07, 6.45) is 3.95. The van der Waals surface area contributed by atoms with Crippen LogP contribution in [-0.4, -0.2) is 17.3 Å². The molecule has 0 saturated carbocycles. The van der Waals surface area contributed by atoms with Crippen LogP contribution in [0.1, 0.15) is 50.2 Å². The maximum Gasteiger partial charge on any atom is 0.228 e. The molecule has 1 aliphatic rings. The molecule has 1 N–H and O–H groups in total. The fourth-order valence-electron chi connectivity index (χ4n) is 2.63. The normalized spacial score (nSPS) is 21.3. The number of alkyl halides is 1. The van der Waals surface area contributed by atoms with E-state index in [2.05, 4.69) is 24.4 Å². The summed E-state index contributed by atoms with van der Waals surface area (Å²) in [5.41, 5.74) is 2.21. The summed E-state index contributed by atoms with van der Waals surface area (Å²) in [6.45, 7) is 4.06. The van der Waals surface area contributed by atoms with E-state index in [-0.39, 0.29) is 17.4 Å². The van der Waals surface area contributed by atoms with Crippen molar-refractivity contribution in [1.29, 1.82) is 0 Å². The maximum absolute atomic E-state index is 12.5. The first-order chi connectivity index (χ1) is 9.09. The minimum absolute atomic E-state index is 0.0148. The van der Waals surface area contributed by atoms with Gasteiger partial charge in [-0.05, 0) is 43.7 Å². The molecule has 1 amide bonds. The lowest BCUT2D eigenvalue weighted by Gasteiger charge is -2.31. The van der Waals surface area contributed by atoms with Gasteiger partial charge < -0.3 is 5.32 Å². The summed E-state index contributed by atoms with van der Waals surface area (Å²) < 4.78 is 0. The van der Waals surface area contributed by atoms with Crippen LogP contribution in [0, 0.1) is 0 Å². The van der Waals surface area contributed by atoms with Crippen molar-refractivity contribution in [2.45, 2.75) is 51.0 Å².